The zero-order chi connectivity index (χ0) is 29.2. The number of nitrogens with zero attached hydrogens (tertiary/aromatic N) is 2. The van der Waals surface area contributed by atoms with Crippen molar-refractivity contribution in [1.29, 1.82) is 0 Å². The van der Waals surface area contributed by atoms with E-state index in [1.807, 2.05) is 102 Å². The molecule has 0 spiro atoms. The Morgan fingerprint density at radius 1 is 0.659 bits per heavy atom. The van der Waals surface area contributed by atoms with E-state index >= 15 is 0 Å². The summed E-state index contributed by atoms with van der Waals surface area (Å²) >= 11 is 0. The van der Waals surface area contributed by atoms with Crippen LogP contribution in [0.4, 0.5) is 0 Å². The van der Waals surface area contributed by atoms with Crippen molar-refractivity contribution in [2.45, 2.75) is 26.3 Å². The molecule has 0 bridgehead atoms. The molecule has 0 atom stereocenters. The largest absolute Gasteiger partial charge is 0.497 e. The Bertz CT molecular complexity index is 1450. The van der Waals surface area contributed by atoms with Crippen molar-refractivity contribution >= 4 is 11.8 Å². The number of carbonyl (C=O) groups excluding carboxylic acids is 2. The molecule has 0 fully saturated rings. The Morgan fingerprint density at radius 2 is 1.20 bits per heavy atom. The molecule has 0 N–H and O–H groups in total. The van der Waals surface area contributed by atoms with Crippen LogP contribution in [0, 0.1) is 0 Å². The molecule has 0 aliphatic rings. The van der Waals surface area contributed by atoms with Crippen molar-refractivity contribution in [2.24, 2.45) is 0 Å². The molecule has 0 saturated carbocycles. The van der Waals surface area contributed by atoms with Crippen molar-refractivity contribution < 1.29 is 19.1 Å². The third-order valence-electron chi connectivity index (χ3n) is 7.08. The summed E-state index contributed by atoms with van der Waals surface area (Å²) in [6.07, 6.45) is 1.48. The van der Waals surface area contributed by atoms with Gasteiger partial charge >= 0.3 is 0 Å². The van der Waals surface area contributed by atoms with Crippen LogP contribution in [0.3, 0.4) is 0 Å². The quantitative estimate of drug-likeness (QED) is 0.196. The minimum absolute atomic E-state index is 0.0581. The molecule has 41 heavy (non-hydrogen) atoms. The van der Waals surface area contributed by atoms with Crippen molar-refractivity contribution in [2.75, 3.05) is 34.4 Å². The van der Waals surface area contributed by atoms with E-state index in [9.17, 15) is 9.59 Å². The molecular formula is C35H38N2O4. The van der Waals surface area contributed by atoms with Gasteiger partial charge in [0, 0.05) is 43.9 Å². The van der Waals surface area contributed by atoms with Gasteiger partial charge in [0.2, 0.25) is 0 Å². The molecule has 0 unspecified atom stereocenters. The van der Waals surface area contributed by atoms with Crippen LogP contribution < -0.4 is 9.47 Å². The zero-order valence-electron chi connectivity index (χ0n) is 24.3. The first-order valence-corrected chi connectivity index (χ1v) is 13.9. The first kappa shape index (κ1) is 29.4. The molecule has 4 rings (SSSR count). The lowest BCUT2D eigenvalue weighted by Gasteiger charge is -2.25. The Labute approximate surface area is 243 Å². The van der Waals surface area contributed by atoms with Gasteiger partial charge in [0.15, 0.2) is 0 Å². The van der Waals surface area contributed by atoms with Gasteiger partial charge in [-0.05, 0) is 59.4 Å². The normalized spacial score (nSPS) is 10.6. The summed E-state index contributed by atoms with van der Waals surface area (Å²) in [7, 11) is 5.06. The summed E-state index contributed by atoms with van der Waals surface area (Å²) in [6, 6.07) is 30.8. The second-order valence-electron chi connectivity index (χ2n) is 10.0. The average molecular weight is 551 g/mol. The molecule has 2 amide bonds. The van der Waals surface area contributed by atoms with E-state index in [4.69, 9.17) is 9.47 Å². The van der Waals surface area contributed by atoms with Crippen LogP contribution in [0.2, 0.25) is 0 Å². The Balaban J connectivity index is 1.61. The number of methoxy groups -OCH3 is 2. The fourth-order valence-corrected chi connectivity index (χ4v) is 4.97. The molecule has 0 heterocycles. The van der Waals surface area contributed by atoms with E-state index in [2.05, 4.69) is 6.92 Å². The number of hydrogen-bond donors (Lipinski definition) is 0. The standard InChI is InChI=1S/C35H38N2O4/c1-5-20-37(21-19-27-22-28(40-3)24-29(23-27)41-4)35(39)33-18-12-10-16-31(33)30-15-9-11-17-32(30)34(38)36(2)25-26-13-7-6-8-14-26/h6-18,22-24H,5,19-21,25H2,1-4H3. The SMILES string of the molecule is CCCN(CCc1cc(OC)cc(OC)c1)C(=O)c1ccccc1-c1ccccc1C(=O)N(C)Cc1ccccc1. The van der Waals surface area contributed by atoms with E-state index in [0.717, 1.165) is 40.2 Å². The van der Waals surface area contributed by atoms with Gasteiger partial charge in [-0.1, -0.05) is 73.7 Å². The van der Waals surface area contributed by atoms with Crippen LogP contribution in [0.1, 0.15) is 45.2 Å². The van der Waals surface area contributed by atoms with Crippen LogP contribution in [0.15, 0.2) is 97.1 Å². The molecule has 6 heteroatoms. The highest BCUT2D eigenvalue weighted by Gasteiger charge is 2.23. The fraction of sp³-hybridized carbons (Fsp3) is 0.257. The van der Waals surface area contributed by atoms with Gasteiger partial charge in [0.25, 0.3) is 11.8 Å². The topological polar surface area (TPSA) is 59.1 Å². The smallest absolute Gasteiger partial charge is 0.254 e. The Hall–Kier alpha value is -4.58. The lowest BCUT2D eigenvalue weighted by atomic mass is 9.94. The molecule has 0 aromatic heterocycles. The van der Waals surface area contributed by atoms with Gasteiger partial charge in [0.05, 0.1) is 14.2 Å². The van der Waals surface area contributed by atoms with Crippen molar-refractivity contribution in [3.8, 4) is 22.6 Å². The van der Waals surface area contributed by atoms with E-state index in [-0.39, 0.29) is 11.8 Å². The van der Waals surface area contributed by atoms with E-state index in [0.29, 0.717) is 37.2 Å². The van der Waals surface area contributed by atoms with E-state index in [1.165, 1.54) is 0 Å². The lowest BCUT2D eigenvalue weighted by Crippen LogP contribution is -2.34. The van der Waals surface area contributed by atoms with Gasteiger partial charge < -0.3 is 19.3 Å². The first-order valence-electron chi connectivity index (χ1n) is 13.9. The number of hydrogen-bond acceptors (Lipinski definition) is 4. The van der Waals surface area contributed by atoms with E-state index < -0.39 is 0 Å². The maximum Gasteiger partial charge on any atom is 0.254 e. The summed E-state index contributed by atoms with van der Waals surface area (Å²) in [5, 5.41) is 0. The predicted molar refractivity (Wildman–Crippen MR) is 164 cm³/mol. The van der Waals surface area contributed by atoms with Crippen LogP contribution >= 0.6 is 0 Å². The molecule has 4 aromatic rings. The monoisotopic (exact) mass is 550 g/mol. The molecule has 0 aliphatic heterocycles. The summed E-state index contributed by atoms with van der Waals surface area (Å²) in [5.41, 5.74) is 4.72. The third kappa shape index (κ3) is 7.34. The Kier molecular flexibility index (Phi) is 10.2. The van der Waals surface area contributed by atoms with Gasteiger partial charge in [-0.25, -0.2) is 0 Å². The summed E-state index contributed by atoms with van der Waals surface area (Å²) in [6.45, 7) is 3.72. The predicted octanol–water partition coefficient (Wildman–Crippen LogP) is 6.74. The van der Waals surface area contributed by atoms with E-state index in [1.54, 1.807) is 26.2 Å². The molecule has 4 aromatic carbocycles. The number of benzene rings is 4. The number of rotatable bonds is 12. The highest BCUT2D eigenvalue weighted by molar-refractivity contribution is 6.06. The number of carbonyl (C=O) groups is 2. The number of ether oxygens (including phenoxy) is 2. The molecule has 0 radical (unpaired) electrons. The maximum absolute atomic E-state index is 14.0. The van der Waals surface area contributed by atoms with Gasteiger partial charge in [-0.2, -0.15) is 0 Å². The van der Waals surface area contributed by atoms with Gasteiger partial charge in [0.1, 0.15) is 11.5 Å². The minimum Gasteiger partial charge on any atom is -0.497 e. The summed E-state index contributed by atoms with van der Waals surface area (Å²) < 4.78 is 10.8. The second-order valence-corrected chi connectivity index (χ2v) is 10.0. The molecule has 0 saturated heterocycles. The van der Waals surface area contributed by atoms with Crippen LogP contribution in [0.25, 0.3) is 11.1 Å². The highest BCUT2D eigenvalue weighted by atomic mass is 16.5. The molecule has 212 valence electrons. The minimum atomic E-state index is -0.0934. The zero-order valence-corrected chi connectivity index (χ0v) is 24.3. The summed E-state index contributed by atoms with van der Waals surface area (Å²) in [5.74, 6) is 1.29. The van der Waals surface area contributed by atoms with Crippen molar-refractivity contribution in [3.05, 3.63) is 119 Å². The van der Waals surface area contributed by atoms with Gasteiger partial charge in [-0.3, -0.25) is 9.59 Å². The molecule has 0 aliphatic carbocycles. The highest BCUT2D eigenvalue weighted by Crippen LogP contribution is 2.30. The fourth-order valence-electron chi connectivity index (χ4n) is 4.97. The van der Waals surface area contributed by atoms with Crippen LogP contribution in [0.5, 0.6) is 11.5 Å². The van der Waals surface area contributed by atoms with Crippen LogP contribution in [-0.4, -0.2) is 56.0 Å². The van der Waals surface area contributed by atoms with Gasteiger partial charge in [-0.15, -0.1) is 0 Å². The Morgan fingerprint density at radius 3 is 1.76 bits per heavy atom. The number of amides is 2. The first-order chi connectivity index (χ1) is 19.9. The van der Waals surface area contributed by atoms with Crippen molar-refractivity contribution in [1.82, 2.24) is 9.80 Å². The summed E-state index contributed by atoms with van der Waals surface area (Å²) in [4.78, 5) is 31.3. The molecular weight excluding hydrogens is 512 g/mol. The van der Waals surface area contributed by atoms with Crippen molar-refractivity contribution in [3.63, 3.8) is 0 Å². The lowest BCUT2D eigenvalue weighted by molar-refractivity contribution is 0.0755. The average Bonchev–Trinajstić information content (AvgIpc) is 3.02. The molecule has 6 nitrogen and oxygen atoms in total. The third-order valence-corrected chi connectivity index (χ3v) is 7.08. The van der Waals surface area contributed by atoms with Crippen LogP contribution in [-0.2, 0) is 13.0 Å². The maximum atomic E-state index is 14.0. The second kappa shape index (κ2) is 14.2.